The molecule has 0 unspecified atom stereocenters. The number of amides is 1. The Morgan fingerprint density at radius 2 is 2.00 bits per heavy atom. The second-order valence-corrected chi connectivity index (χ2v) is 8.22. The van der Waals surface area contributed by atoms with Gasteiger partial charge in [-0.05, 0) is 37.1 Å². The average molecular weight is 404 g/mol. The number of benzene rings is 1. The van der Waals surface area contributed by atoms with Crippen LogP contribution in [0.15, 0.2) is 42.5 Å². The Labute approximate surface area is 177 Å². The molecule has 0 radical (unpaired) electrons. The molecule has 1 aliphatic heterocycles. The molecule has 7 heteroatoms. The highest BCUT2D eigenvalue weighted by Gasteiger charge is 2.32. The lowest BCUT2D eigenvalue weighted by Crippen LogP contribution is -2.51. The van der Waals surface area contributed by atoms with Crippen molar-refractivity contribution >= 4 is 11.7 Å². The third-order valence-corrected chi connectivity index (χ3v) is 5.37. The number of carbonyl (C=O) groups is 1. The molecular weight excluding hydrogens is 376 g/mol. The molecule has 3 rings (SSSR count). The minimum Gasteiger partial charge on any atom is -0.364 e. The maximum atomic E-state index is 12.6. The minimum atomic E-state index is -0.273. The van der Waals surface area contributed by atoms with Gasteiger partial charge in [-0.25, -0.2) is 4.98 Å². The molecule has 0 saturated carbocycles. The first-order valence-corrected chi connectivity index (χ1v) is 10.1. The Bertz CT molecular complexity index is 970. The summed E-state index contributed by atoms with van der Waals surface area (Å²) in [7, 11) is 4.05. The van der Waals surface area contributed by atoms with E-state index in [1.165, 1.54) is 0 Å². The molecule has 1 aromatic heterocycles. The second-order valence-electron chi connectivity index (χ2n) is 8.22. The van der Waals surface area contributed by atoms with E-state index in [1.807, 2.05) is 44.4 Å². The van der Waals surface area contributed by atoms with E-state index < -0.39 is 0 Å². The molecule has 2 aromatic rings. The summed E-state index contributed by atoms with van der Waals surface area (Å²) in [6.45, 7) is 2.48. The lowest BCUT2D eigenvalue weighted by Gasteiger charge is -2.31. The van der Waals surface area contributed by atoms with Crippen LogP contribution in [-0.4, -0.2) is 66.6 Å². The van der Waals surface area contributed by atoms with Crippen LogP contribution >= 0.6 is 0 Å². The van der Waals surface area contributed by atoms with Crippen molar-refractivity contribution in [1.82, 2.24) is 9.88 Å². The molecule has 1 aromatic carbocycles. The van der Waals surface area contributed by atoms with Gasteiger partial charge in [0.05, 0.1) is 50.6 Å². The van der Waals surface area contributed by atoms with Gasteiger partial charge < -0.3 is 14.7 Å². The van der Waals surface area contributed by atoms with Gasteiger partial charge in [0.25, 0.3) is 5.91 Å². The number of nitriles is 2. The summed E-state index contributed by atoms with van der Waals surface area (Å²) in [6, 6.07) is 17.2. The molecule has 30 heavy (non-hydrogen) atoms. The van der Waals surface area contributed by atoms with Crippen molar-refractivity contribution in [1.29, 1.82) is 10.5 Å². The SMILES string of the molecule is C[N+](C)(CCNc1cccc(-c2ccc(C#N)cc2)n1)CC(=O)N1CCC[C@H]1C#N. The molecular formula is C23H27N6O+. The fraction of sp³-hybridized carbons (Fsp3) is 0.391. The summed E-state index contributed by atoms with van der Waals surface area (Å²) in [5.41, 5.74) is 2.42. The number of quaternary nitrogens is 1. The predicted molar refractivity (Wildman–Crippen MR) is 115 cm³/mol. The lowest BCUT2D eigenvalue weighted by atomic mass is 10.1. The Morgan fingerprint density at radius 1 is 1.23 bits per heavy atom. The Hall–Kier alpha value is -3.42. The minimum absolute atomic E-state index is 0.0463. The largest absolute Gasteiger partial charge is 0.364 e. The van der Waals surface area contributed by atoms with Crippen molar-refractivity contribution in [2.75, 3.05) is 45.6 Å². The van der Waals surface area contributed by atoms with Gasteiger partial charge in [-0.3, -0.25) is 4.79 Å². The number of pyridine rings is 1. The molecule has 2 heterocycles. The van der Waals surface area contributed by atoms with Crippen LogP contribution in [0, 0.1) is 22.7 Å². The van der Waals surface area contributed by atoms with Crippen molar-refractivity contribution < 1.29 is 9.28 Å². The van der Waals surface area contributed by atoms with E-state index in [4.69, 9.17) is 5.26 Å². The smallest absolute Gasteiger partial charge is 0.278 e. The number of rotatable bonds is 7. The Balaban J connectivity index is 1.54. The van der Waals surface area contributed by atoms with Crippen LogP contribution in [0.25, 0.3) is 11.3 Å². The Morgan fingerprint density at radius 3 is 2.70 bits per heavy atom. The Kier molecular flexibility index (Phi) is 6.66. The van der Waals surface area contributed by atoms with Crippen molar-refractivity contribution in [2.45, 2.75) is 18.9 Å². The highest BCUT2D eigenvalue weighted by atomic mass is 16.2. The van der Waals surface area contributed by atoms with E-state index in [-0.39, 0.29) is 11.9 Å². The topological polar surface area (TPSA) is 92.8 Å². The lowest BCUT2D eigenvalue weighted by molar-refractivity contribution is -0.881. The van der Waals surface area contributed by atoms with Crippen LogP contribution in [0.5, 0.6) is 0 Å². The van der Waals surface area contributed by atoms with Gasteiger partial charge in [0.1, 0.15) is 11.9 Å². The zero-order valence-electron chi connectivity index (χ0n) is 17.5. The van der Waals surface area contributed by atoms with E-state index in [9.17, 15) is 10.1 Å². The second kappa shape index (κ2) is 9.39. The number of anilines is 1. The van der Waals surface area contributed by atoms with Crippen LogP contribution in [0.4, 0.5) is 5.82 Å². The zero-order valence-corrected chi connectivity index (χ0v) is 17.5. The zero-order chi connectivity index (χ0) is 21.6. The van der Waals surface area contributed by atoms with E-state index in [0.29, 0.717) is 29.7 Å². The number of carbonyl (C=O) groups excluding carboxylic acids is 1. The maximum absolute atomic E-state index is 12.6. The molecule has 0 spiro atoms. The number of hydrogen-bond donors (Lipinski definition) is 1. The molecule has 0 aliphatic carbocycles. The molecule has 1 saturated heterocycles. The summed E-state index contributed by atoms with van der Waals surface area (Å²) in [4.78, 5) is 19.0. The monoisotopic (exact) mass is 403 g/mol. The summed E-state index contributed by atoms with van der Waals surface area (Å²) in [5, 5.41) is 21.5. The molecule has 1 fully saturated rings. The summed E-state index contributed by atoms with van der Waals surface area (Å²) in [5.74, 6) is 0.817. The van der Waals surface area contributed by atoms with E-state index in [0.717, 1.165) is 36.5 Å². The van der Waals surface area contributed by atoms with Crippen molar-refractivity contribution in [3.8, 4) is 23.4 Å². The van der Waals surface area contributed by atoms with Crippen LogP contribution in [-0.2, 0) is 4.79 Å². The number of hydrogen-bond acceptors (Lipinski definition) is 5. The number of aromatic nitrogens is 1. The van der Waals surface area contributed by atoms with E-state index in [2.05, 4.69) is 22.4 Å². The normalized spacial score (nSPS) is 16.0. The van der Waals surface area contributed by atoms with E-state index in [1.54, 1.807) is 17.0 Å². The van der Waals surface area contributed by atoms with E-state index >= 15 is 0 Å². The summed E-state index contributed by atoms with van der Waals surface area (Å²) < 4.78 is 0.537. The number of nitrogens with one attached hydrogen (secondary N) is 1. The average Bonchev–Trinajstić information content (AvgIpc) is 3.23. The molecule has 1 amide bonds. The first-order valence-electron chi connectivity index (χ1n) is 10.1. The van der Waals surface area contributed by atoms with Crippen LogP contribution in [0.1, 0.15) is 18.4 Å². The van der Waals surface area contributed by atoms with Gasteiger partial charge in [0, 0.05) is 12.1 Å². The van der Waals surface area contributed by atoms with Gasteiger partial charge in [-0.1, -0.05) is 18.2 Å². The van der Waals surface area contributed by atoms with Crippen LogP contribution < -0.4 is 5.32 Å². The third-order valence-electron chi connectivity index (χ3n) is 5.37. The molecule has 1 atom stereocenters. The molecule has 154 valence electrons. The maximum Gasteiger partial charge on any atom is 0.278 e. The summed E-state index contributed by atoms with van der Waals surface area (Å²) in [6.07, 6.45) is 1.68. The highest BCUT2D eigenvalue weighted by molar-refractivity contribution is 5.78. The van der Waals surface area contributed by atoms with Gasteiger partial charge in [0.2, 0.25) is 0 Å². The van der Waals surface area contributed by atoms with Gasteiger partial charge in [-0.2, -0.15) is 10.5 Å². The molecule has 1 aliphatic rings. The number of likely N-dealkylation sites (tertiary alicyclic amines) is 1. The summed E-state index contributed by atoms with van der Waals surface area (Å²) >= 11 is 0. The van der Waals surface area contributed by atoms with Crippen molar-refractivity contribution in [2.24, 2.45) is 0 Å². The molecule has 7 nitrogen and oxygen atoms in total. The number of nitrogens with zero attached hydrogens (tertiary/aromatic N) is 5. The standard InChI is InChI=1S/C23H27N6O/c1-29(2,17-23(30)28-13-4-5-20(28)16-25)14-12-26-22-7-3-6-21(27-22)19-10-8-18(15-24)9-11-19/h3,6-11,20H,4-5,12-14,17H2,1-2H3,(H,26,27)/q+1/t20-/m0/s1. The van der Waals surface area contributed by atoms with Gasteiger partial charge in [-0.15, -0.1) is 0 Å². The highest BCUT2D eigenvalue weighted by Crippen LogP contribution is 2.20. The molecule has 0 bridgehead atoms. The third kappa shape index (κ3) is 5.34. The van der Waals surface area contributed by atoms with Crippen molar-refractivity contribution in [3.05, 3.63) is 48.0 Å². The fourth-order valence-electron chi connectivity index (χ4n) is 3.63. The van der Waals surface area contributed by atoms with Crippen molar-refractivity contribution in [3.63, 3.8) is 0 Å². The quantitative estimate of drug-likeness (QED) is 0.718. The molecule has 1 N–H and O–H groups in total. The number of likely N-dealkylation sites (N-methyl/N-ethyl adjacent to an activating group) is 1. The predicted octanol–water partition coefficient (Wildman–Crippen LogP) is 2.62. The first kappa shape index (κ1) is 21.3. The fourth-order valence-corrected chi connectivity index (χ4v) is 3.63. The van der Waals surface area contributed by atoms with Crippen LogP contribution in [0.2, 0.25) is 0 Å². The van der Waals surface area contributed by atoms with Crippen LogP contribution in [0.3, 0.4) is 0 Å². The first-order chi connectivity index (χ1) is 14.4. The van der Waals surface area contributed by atoms with Gasteiger partial charge in [0.15, 0.2) is 6.54 Å². The van der Waals surface area contributed by atoms with Gasteiger partial charge >= 0.3 is 0 Å².